The summed E-state index contributed by atoms with van der Waals surface area (Å²) in [6.45, 7) is 1.69. The Morgan fingerprint density at radius 1 is 1.23 bits per heavy atom. The van der Waals surface area contributed by atoms with Crippen LogP contribution in [-0.4, -0.2) is 21.2 Å². The van der Waals surface area contributed by atoms with E-state index in [4.69, 9.17) is 0 Å². The number of amides is 1. The number of nitrogens with one attached hydrogen (secondary N) is 1. The van der Waals surface area contributed by atoms with Crippen LogP contribution in [0, 0.1) is 0 Å². The number of carbonyl (C=O) groups is 2. The molecule has 6 nitrogen and oxygen atoms in total. The van der Waals surface area contributed by atoms with Crippen LogP contribution in [0.3, 0.4) is 0 Å². The van der Waals surface area contributed by atoms with Crippen molar-refractivity contribution in [3.05, 3.63) is 68.7 Å². The standard InChI is InChI=1S/C19H14BrN3O3/c1-10-13-6-11(2-4-16(13)22-18(10)25)17(24)8-23-9-21-15-5-3-12(20)7-14(15)19(23)26/h2-7,9-10H,8H2,1H3,(H,22,25)/t10-/m1/s1. The van der Waals surface area contributed by atoms with Gasteiger partial charge in [-0.25, -0.2) is 4.98 Å². The molecule has 0 fully saturated rings. The third-order valence-corrected chi connectivity index (χ3v) is 5.08. The topological polar surface area (TPSA) is 81.1 Å². The minimum atomic E-state index is -0.292. The number of benzene rings is 2. The summed E-state index contributed by atoms with van der Waals surface area (Å²) in [6, 6.07) is 10.4. The van der Waals surface area contributed by atoms with Crippen molar-refractivity contribution in [3.8, 4) is 0 Å². The van der Waals surface area contributed by atoms with Crippen molar-refractivity contribution in [2.75, 3.05) is 5.32 Å². The second-order valence-corrected chi connectivity index (χ2v) is 7.19. The predicted molar refractivity (Wildman–Crippen MR) is 102 cm³/mol. The van der Waals surface area contributed by atoms with E-state index in [9.17, 15) is 14.4 Å². The molecule has 1 aromatic heterocycles. The van der Waals surface area contributed by atoms with Crippen molar-refractivity contribution in [1.82, 2.24) is 9.55 Å². The highest BCUT2D eigenvalue weighted by molar-refractivity contribution is 9.10. The normalized spacial score (nSPS) is 15.8. The number of aromatic nitrogens is 2. The maximum atomic E-state index is 12.7. The Morgan fingerprint density at radius 3 is 2.85 bits per heavy atom. The molecule has 2 heterocycles. The quantitative estimate of drug-likeness (QED) is 0.671. The summed E-state index contributed by atoms with van der Waals surface area (Å²) in [6.07, 6.45) is 1.39. The molecule has 1 amide bonds. The molecule has 0 radical (unpaired) electrons. The smallest absolute Gasteiger partial charge is 0.261 e. The fourth-order valence-electron chi connectivity index (χ4n) is 3.08. The number of Topliss-reactive ketones (excluding diaryl/α,β-unsaturated/α-hetero) is 1. The molecular weight excluding hydrogens is 398 g/mol. The molecule has 4 rings (SSSR count). The molecule has 0 bridgehead atoms. The van der Waals surface area contributed by atoms with Gasteiger partial charge >= 0.3 is 0 Å². The van der Waals surface area contributed by atoms with Crippen molar-refractivity contribution in [2.45, 2.75) is 19.4 Å². The third-order valence-electron chi connectivity index (χ3n) is 4.59. The molecule has 0 aliphatic carbocycles. The van der Waals surface area contributed by atoms with Crippen LogP contribution in [-0.2, 0) is 11.3 Å². The van der Waals surface area contributed by atoms with E-state index in [1.807, 2.05) is 6.07 Å². The third kappa shape index (κ3) is 2.74. The Hall–Kier alpha value is -2.80. The Balaban J connectivity index is 1.67. The average Bonchev–Trinajstić information content (AvgIpc) is 2.91. The Kier molecular flexibility index (Phi) is 3.96. The van der Waals surface area contributed by atoms with Crippen LogP contribution in [0.5, 0.6) is 0 Å². The van der Waals surface area contributed by atoms with Crippen LogP contribution < -0.4 is 10.9 Å². The molecule has 26 heavy (non-hydrogen) atoms. The summed E-state index contributed by atoms with van der Waals surface area (Å²) in [5.41, 5.74) is 2.31. The van der Waals surface area contributed by atoms with E-state index >= 15 is 0 Å². The summed E-state index contributed by atoms with van der Waals surface area (Å²) in [7, 11) is 0. The lowest BCUT2D eigenvalue weighted by atomic mass is 9.99. The first-order chi connectivity index (χ1) is 12.4. The first-order valence-electron chi connectivity index (χ1n) is 8.07. The van der Waals surface area contributed by atoms with Gasteiger partial charge in [0, 0.05) is 15.7 Å². The number of nitrogens with zero attached hydrogens (tertiary/aromatic N) is 2. The van der Waals surface area contributed by atoms with Crippen molar-refractivity contribution >= 4 is 44.2 Å². The number of hydrogen-bond donors (Lipinski definition) is 1. The van der Waals surface area contributed by atoms with E-state index in [0.717, 1.165) is 15.7 Å². The monoisotopic (exact) mass is 411 g/mol. The van der Waals surface area contributed by atoms with Crippen LogP contribution in [0.4, 0.5) is 5.69 Å². The minimum absolute atomic E-state index is 0.0786. The summed E-state index contributed by atoms with van der Waals surface area (Å²) in [5.74, 6) is -0.581. The molecule has 1 atom stereocenters. The Bertz CT molecular complexity index is 1140. The summed E-state index contributed by atoms with van der Waals surface area (Å²) >= 11 is 3.34. The molecule has 1 aliphatic heterocycles. The predicted octanol–water partition coefficient (Wildman–Crippen LogP) is 3.10. The second kappa shape index (κ2) is 6.17. The zero-order valence-corrected chi connectivity index (χ0v) is 15.4. The van der Waals surface area contributed by atoms with E-state index < -0.39 is 0 Å². The van der Waals surface area contributed by atoms with Gasteiger partial charge in [-0.2, -0.15) is 0 Å². The van der Waals surface area contributed by atoms with Crippen molar-refractivity contribution in [2.24, 2.45) is 0 Å². The fraction of sp³-hybridized carbons (Fsp3) is 0.158. The highest BCUT2D eigenvalue weighted by atomic mass is 79.9. The average molecular weight is 412 g/mol. The van der Waals surface area contributed by atoms with E-state index in [1.54, 1.807) is 37.3 Å². The highest BCUT2D eigenvalue weighted by Gasteiger charge is 2.27. The van der Waals surface area contributed by atoms with Gasteiger partial charge in [0.05, 0.1) is 29.7 Å². The van der Waals surface area contributed by atoms with Gasteiger partial charge < -0.3 is 5.32 Å². The lowest BCUT2D eigenvalue weighted by Crippen LogP contribution is -2.24. The fourth-order valence-corrected chi connectivity index (χ4v) is 3.44. The number of hydrogen-bond acceptors (Lipinski definition) is 4. The van der Waals surface area contributed by atoms with Gasteiger partial charge in [0.15, 0.2) is 5.78 Å². The molecule has 3 aromatic rings. The lowest BCUT2D eigenvalue weighted by Gasteiger charge is -2.08. The Labute approximate surface area is 157 Å². The number of fused-ring (bicyclic) bond motifs is 2. The highest BCUT2D eigenvalue weighted by Crippen LogP contribution is 2.32. The van der Waals surface area contributed by atoms with E-state index in [2.05, 4.69) is 26.2 Å². The number of anilines is 1. The molecule has 7 heteroatoms. The van der Waals surface area contributed by atoms with Gasteiger partial charge in [0.25, 0.3) is 5.56 Å². The van der Waals surface area contributed by atoms with Crippen molar-refractivity contribution < 1.29 is 9.59 Å². The van der Waals surface area contributed by atoms with Crippen molar-refractivity contribution in [1.29, 1.82) is 0 Å². The van der Waals surface area contributed by atoms with Crippen LogP contribution in [0.25, 0.3) is 10.9 Å². The van der Waals surface area contributed by atoms with Crippen LogP contribution >= 0.6 is 15.9 Å². The number of ketones is 1. The van der Waals surface area contributed by atoms with Gasteiger partial charge in [0.1, 0.15) is 0 Å². The van der Waals surface area contributed by atoms with E-state index in [1.165, 1.54) is 10.9 Å². The second-order valence-electron chi connectivity index (χ2n) is 6.28. The summed E-state index contributed by atoms with van der Waals surface area (Å²) in [4.78, 5) is 41.3. The van der Waals surface area contributed by atoms with E-state index in [0.29, 0.717) is 16.5 Å². The van der Waals surface area contributed by atoms with Crippen molar-refractivity contribution in [3.63, 3.8) is 0 Å². The van der Waals surface area contributed by atoms with Gasteiger partial charge in [-0.1, -0.05) is 15.9 Å². The molecule has 2 aromatic carbocycles. The number of rotatable bonds is 3. The van der Waals surface area contributed by atoms with E-state index in [-0.39, 0.29) is 29.7 Å². The van der Waals surface area contributed by atoms with Crippen LogP contribution in [0.1, 0.15) is 28.8 Å². The molecular formula is C19H14BrN3O3. The zero-order valence-electron chi connectivity index (χ0n) is 13.8. The summed E-state index contributed by atoms with van der Waals surface area (Å²) < 4.78 is 2.08. The van der Waals surface area contributed by atoms with Gasteiger partial charge in [-0.15, -0.1) is 0 Å². The number of carbonyl (C=O) groups excluding carboxylic acids is 2. The SMILES string of the molecule is C[C@H]1C(=O)Nc2ccc(C(=O)Cn3cnc4ccc(Br)cc4c3=O)cc21. The van der Waals surface area contributed by atoms with Crippen LogP contribution in [0.2, 0.25) is 0 Å². The molecule has 0 spiro atoms. The zero-order chi connectivity index (χ0) is 18.4. The molecule has 0 unspecified atom stereocenters. The molecule has 1 aliphatic rings. The van der Waals surface area contributed by atoms with Gasteiger partial charge in [0.2, 0.25) is 5.91 Å². The lowest BCUT2D eigenvalue weighted by molar-refractivity contribution is -0.116. The first kappa shape index (κ1) is 16.7. The first-order valence-corrected chi connectivity index (χ1v) is 8.86. The molecule has 0 saturated carbocycles. The molecule has 130 valence electrons. The Morgan fingerprint density at radius 2 is 2.04 bits per heavy atom. The van der Waals surface area contributed by atoms with Crippen LogP contribution in [0.15, 0.2) is 52.0 Å². The minimum Gasteiger partial charge on any atom is -0.325 e. The maximum Gasteiger partial charge on any atom is 0.261 e. The largest absolute Gasteiger partial charge is 0.325 e. The molecule has 1 N–H and O–H groups in total. The molecule has 0 saturated heterocycles. The van der Waals surface area contributed by atoms with Gasteiger partial charge in [-0.3, -0.25) is 19.0 Å². The maximum absolute atomic E-state index is 12.7. The summed E-state index contributed by atoms with van der Waals surface area (Å²) in [5, 5.41) is 3.23. The number of halogens is 1. The van der Waals surface area contributed by atoms with Gasteiger partial charge in [-0.05, 0) is 48.9 Å².